The Kier molecular flexibility index (Phi) is 6.72. The van der Waals surface area contributed by atoms with Crippen LogP contribution in [0.15, 0.2) is 48.5 Å². The molecule has 3 aliphatic carbocycles. The summed E-state index contributed by atoms with van der Waals surface area (Å²) in [6.45, 7) is 0.380. The second-order valence-electron chi connectivity index (χ2n) is 9.64. The Bertz CT molecular complexity index is 1070. The number of amides is 2. The Morgan fingerprint density at radius 1 is 0.943 bits per heavy atom. The van der Waals surface area contributed by atoms with E-state index in [2.05, 4.69) is 34.9 Å². The zero-order valence-electron chi connectivity index (χ0n) is 19.4. The van der Waals surface area contributed by atoms with Crippen molar-refractivity contribution >= 4 is 18.0 Å². The van der Waals surface area contributed by atoms with Crippen LogP contribution >= 0.6 is 0 Å². The van der Waals surface area contributed by atoms with E-state index in [0.29, 0.717) is 12.5 Å². The standard InChI is InChI=1S/C27H30N2O6/c30-25(31)15-34-10-9-28-26(32)17-11-16-13-24(22(16)12-17)29-27(33)35-14-23-20-7-3-1-5-18(20)19-6-2-4-8-21(19)23/h1-8,16-17,22-24H,9-15H2,(H,28,32)(H,29,33)(H,30,31). The second-order valence-corrected chi connectivity index (χ2v) is 9.64. The highest BCUT2D eigenvalue weighted by Gasteiger charge is 2.50. The molecule has 0 heterocycles. The van der Waals surface area contributed by atoms with Gasteiger partial charge in [-0.25, -0.2) is 9.59 Å². The molecule has 2 amide bonds. The van der Waals surface area contributed by atoms with Gasteiger partial charge in [-0.05, 0) is 53.4 Å². The van der Waals surface area contributed by atoms with Gasteiger partial charge in [0.1, 0.15) is 13.2 Å². The van der Waals surface area contributed by atoms with Gasteiger partial charge in [-0.1, -0.05) is 48.5 Å². The molecule has 4 atom stereocenters. The molecule has 35 heavy (non-hydrogen) atoms. The maximum Gasteiger partial charge on any atom is 0.407 e. The normalized spacial score (nSPS) is 24.0. The number of ether oxygens (including phenoxy) is 2. The zero-order chi connectivity index (χ0) is 24.4. The van der Waals surface area contributed by atoms with E-state index in [-0.39, 0.29) is 49.5 Å². The number of nitrogens with one attached hydrogen (secondary N) is 2. The van der Waals surface area contributed by atoms with E-state index >= 15 is 0 Å². The van der Waals surface area contributed by atoms with Gasteiger partial charge in [0.25, 0.3) is 0 Å². The molecule has 0 spiro atoms. The van der Waals surface area contributed by atoms with Crippen molar-refractivity contribution in [2.24, 2.45) is 17.8 Å². The first-order valence-corrected chi connectivity index (χ1v) is 12.2. The van der Waals surface area contributed by atoms with Gasteiger partial charge >= 0.3 is 12.1 Å². The van der Waals surface area contributed by atoms with Crippen LogP contribution in [-0.4, -0.2) is 55.5 Å². The summed E-state index contributed by atoms with van der Waals surface area (Å²) in [7, 11) is 0. The van der Waals surface area contributed by atoms with Crippen molar-refractivity contribution in [3.05, 3.63) is 59.7 Å². The minimum absolute atomic E-state index is 0.0290. The molecule has 0 aliphatic heterocycles. The predicted octanol–water partition coefficient (Wildman–Crippen LogP) is 3.16. The fourth-order valence-electron chi connectivity index (χ4n) is 5.95. The van der Waals surface area contributed by atoms with Crippen LogP contribution in [0.25, 0.3) is 11.1 Å². The molecule has 0 aromatic heterocycles. The number of aliphatic carboxylic acids is 1. The van der Waals surface area contributed by atoms with Crippen LogP contribution in [0, 0.1) is 17.8 Å². The number of carbonyl (C=O) groups excluding carboxylic acids is 2. The maximum absolute atomic E-state index is 12.6. The summed E-state index contributed by atoms with van der Waals surface area (Å²) in [6.07, 6.45) is 2.01. The number of benzene rings is 2. The molecule has 8 heteroatoms. The van der Waals surface area contributed by atoms with Gasteiger partial charge in [0, 0.05) is 24.4 Å². The van der Waals surface area contributed by atoms with E-state index in [0.717, 1.165) is 19.3 Å². The lowest BCUT2D eigenvalue weighted by Crippen LogP contribution is -2.50. The first-order chi connectivity index (χ1) is 17.0. The van der Waals surface area contributed by atoms with Crippen molar-refractivity contribution in [3.63, 3.8) is 0 Å². The van der Waals surface area contributed by atoms with Gasteiger partial charge in [0.05, 0.1) is 6.61 Å². The van der Waals surface area contributed by atoms with Gasteiger partial charge in [0.2, 0.25) is 5.91 Å². The molecule has 2 saturated carbocycles. The van der Waals surface area contributed by atoms with Crippen molar-refractivity contribution in [3.8, 4) is 11.1 Å². The molecule has 0 saturated heterocycles. The van der Waals surface area contributed by atoms with Gasteiger partial charge in [-0.3, -0.25) is 4.79 Å². The molecule has 184 valence electrons. The lowest BCUT2D eigenvalue weighted by molar-refractivity contribution is -0.142. The highest BCUT2D eigenvalue weighted by molar-refractivity contribution is 5.80. The summed E-state index contributed by atoms with van der Waals surface area (Å²) in [5.74, 6) is -0.389. The molecular weight excluding hydrogens is 448 g/mol. The highest BCUT2D eigenvalue weighted by Crippen LogP contribution is 2.50. The van der Waals surface area contributed by atoms with E-state index < -0.39 is 12.1 Å². The van der Waals surface area contributed by atoms with Crippen LogP contribution < -0.4 is 10.6 Å². The molecule has 8 nitrogen and oxygen atoms in total. The third-order valence-electron chi connectivity index (χ3n) is 7.61. The topological polar surface area (TPSA) is 114 Å². The summed E-state index contributed by atoms with van der Waals surface area (Å²) in [6, 6.07) is 16.5. The number of carboxylic acid groups (broad SMARTS) is 1. The van der Waals surface area contributed by atoms with Crippen LogP contribution in [0.2, 0.25) is 0 Å². The van der Waals surface area contributed by atoms with Crippen LogP contribution in [-0.2, 0) is 19.1 Å². The molecule has 2 aromatic rings. The predicted molar refractivity (Wildman–Crippen MR) is 128 cm³/mol. The van der Waals surface area contributed by atoms with Gasteiger partial charge in [-0.2, -0.15) is 0 Å². The Morgan fingerprint density at radius 2 is 1.63 bits per heavy atom. The minimum Gasteiger partial charge on any atom is -0.480 e. The number of alkyl carbamates (subject to hydrolysis) is 1. The van der Waals surface area contributed by atoms with E-state index in [4.69, 9.17) is 14.6 Å². The molecule has 0 bridgehead atoms. The lowest BCUT2D eigenvalue weighted by atomic mass is 9.71. The molecule has 4 unspecified atom stereocenters. The highest BCUT2D eigenvalue weighted by atomic mass is 16.5. The smallest absolute Gasteiger partial charge is 0.407 e. The molecule has 2 fully saturated rings. The van der Waals surface area contributed by atoms with Crippen molar-refractivity contribution in [2.45, 2.75) is 31.2 Å². The van der Waals surface area contributed by atoms with Crippen molar-refractivity contribution in [1.82, 2.24) is 10.6 Å². The summed E-state index contributed by atoms with van der Waals surface area (Å²) < 4.78 is 10.6. The minimum atomic E-state index is -1.03. The molecule has 3 N–H and O–H groups in total. The number of fused-ring (bicyclic) bond motifs is 4. The van der Waals surface area contributed by atoms with Crippen LogP contribution in [0.4, 0.5) is 4.79 Å². The Morgan fingerprint density at radius 3 is 2.31 bits per heavy atom. The SMILES string of the molecule is O=C(O)COCCNC(=O)C1CC2CC(NC(=O)OCC3c4ccccc4-c4ccccc43)C2C1. The average molecular weight is 479 g/mol. The first kappa shape index (κ1) is 23.4. The monoisotopic (exact) mass is 478 g/mol. The fraction of sp³-hybridized carbons (Fsp3) is 0.444. The van der Waals surface area contributed by atoms with Crippen molar-refractivity contribution in [2.75, 3.05) is 26.4 Å². The summed E-state index contributed by atoms with van der Waals surface area (Å²) >= 11 is 0. The van der Waals surface area contributed by atoms with Crippen molar-refractivity contribution in [1.29, 1.82) is 0 Å². The number of carbonyl (C=O) groups is 3. The average Bonchev–Trinajstić information content (AvgIpc) is 3.36. The number of hydrogen-bond donors (Lipinski definition) is 3. The van der Waals surface area contributed by atoms with Crippen LogP contribution in [0.5, 0.6) is 0 Å². The quantitative estimate of drug-likeness (QED) is 0.477. The zero-order valence-corrected chi connectivity index (χ0v) is 19.4. The summed E-state index contributed by atoms with van der Waals surface area (Å²) in [5, 5.41) is 14.4. The number of hydrogen-bond acceptors (Lipinski definition) is 5. The largest absolute Gasteiger partial charge is 0.480 e. The van der Waals surface area contributed by atoms with Gasteiger partial charge in [-0.15, -0.1) is 0 Å². The Labute approximate surface area is 204 Å². The number of carboxylic acids is 1. The van der Waals surface area contributed by atoms with E-state index in [1.807, 2.05) is 24.3 Å². The molecule has 3 aliphatic rings. The van der Waals surface area contributed by atoms with Gasteiger partial charge in [0.15, 0.2) is 0 Å². The molecule has 0 radical (unpaired) electrons. The summed E-state index contributed by atoms with van der Waals surface area (Å²) in [4.78, 5) is 35.5. The molecule has 2 aromatic carbocycles. The third-order valence-corrected chi connectivity index (χ3v) is 7.61. The van der Waals surface area contributed by atoms with E-state index in [1.165, 1.54) is 22.3 Å². The van der Waals surface area contributed by atoms with Crippen LogP contribution in [0.3, 0.4) is 0 Å². The Hall–Kier alpha value is -3.39. The van der Waals surface area contributed by atoms with Crippen LogP contribution in [0.1, 0.15) is 36.3 Å². The molecule has 5 rings (SSSR count). The molecular formula is C27H30N2O6. The summed E-state index contributed by atoms with van der Waals surface area (Å²) in [5.41, 5.74) is 4.76. The lowest BCUT2D eigenvalue weighted by Gasteiger charge is -2.40. The fourth-order valence-corrected chi connectivity index (χ4v) is 5.95. The second kappa shape index (κ2) is 10.1. The number of rotatable bonds is 9. The first-order valence-electron chi connectivity index (χ1n) is 12.2. The third kappa shape index (κ3) is 4.89. The van der Waals surface area contributed by atoms with Crippen molar-refractivity contribution < 1.29 is 29.0 Å². The Balaban J connectivity index is 1.07. The van der Waals surface area contributed by atoms with Gasteiger partial charge < -0.3 is 25.2 Å². The van der Waals surface area contributed by atoms with E-state index in [1.54, 1.807) is 0 Å². The maximum atomic E-state index is 12.6. The van der Waals surface area contributed by atoms with E-state index in [9.17, 15) is 14.4 Å².